The van der Waals surface area contributed by atoms with E-state index in [-0.39, 0.29) is 11.3 Å². The fraction of sp³-hybridized carbons (Fsp3) is 0.429. The maximum Gasteiger partial charge on any atom is 0.417 e. The molecule has 2 aliphatic rings. The van der Waals surface area contributed by atoms with Gasteiger partial charge in [-0.05, 0) is 37.7 Å². The van der Waals surface area contributed by atoms with Gasteiger partial charge in [-0.2, -0.15) is 13.2 Å². The lowest BCUT2D eigenvalue weighted by molar-refractivity contribution is -0.0891. The monoisotopic (exact) mass is 625 g/mol. The van der Waals surface area contributed by atoms with Crippen LogP contribution < -0.4 is 21.3 Å². The van der Waals surface area contributed by atoms with Crippen molar-refractivity contribution in [1.82, 2.24) is 20.0 Å². The molecule has 0 atom stereocenters. The zero-order valence-electron chi connectivity index (χ0n) is 27.0. The molecule has 7 nitrogen and oxygen atoms in total. The Morgan fingerprint density at radius 1 is 0.956 bits per heavy atom. The van der Waals surface area contributed by atoms with Crippen LogP contribution in [0.2, 0.25) is 0 Å². The molecule has 2 aromatic carbocycles. The van der Waals surface area contributed by atoms with E-state index < -0.39 is 11.7 Å². The first-order valence-corrected chi connectivity index (χ1v) is 15.5. The quantitative estimate of drug-likeness (QED) is 0.297. The van der Waals surface area contributed by atoms with Crippen LogP contribution in [0.3, 0.4) is 0 Å². The minimum atomic E-state index is -4.53. The molecular formula is C35H50F3N7. The number of nitrogens with two attached hydrogens (primary N) is 1. The van der Waals surface area contributed by atoms with E-state index in [0.717, 1.165) is 95.5 Å². The van der Waals surface area contributed by atoms with E-state index in [0.29, 0.717) is 0 Å². The van der Waals surface area contributed by atoms with Crippen LogP contribution in [0.4, 0.5) is 24.5 Å². The molecule has 246 valence electrons. The molecule has 45 heavy (non-hydrogen) atoms. The van der Waals surface area contributed by atoms with Crippen LogP contribution in [0.25, 0.3) is 0 Å². The van der Waals surface area contributed by atoms with Gasteiger partial charge in [0, 0.05) is 96.5 Å². The molecular weight excluding hydrogens is 575 g/mol. The molecule has 4 rings (SSSR count). The van der Waals surface area contributed by atoms with Crippen molar-refractivity contribution in [1.29, 1.82) is 0 Å². The van der Waals surface area contributed by atoms with Crippen molar-refractivity contribution in [3.63, 3.8) is 0 Å². The van der Waals surface area contributed by atoms with Gasteiger partial charge >= 0.3 is 6.18 Å². The van der Waals surface area contributed by atoms with Crippen LogP contribution in [-0.4, -0.2) is 100 Å². The second-order valence-corrected chi connectivity index (χ2v) is 11.5. The fourth-order valence-corrected chi connectivity index (χ4v) is 5.48. The highest BCUT2D eigenvalue weighted by Crippen LogP contribution is 2.36. The fourth-order valence-electron chi connectivity index (χ4n) is 5.48. The Balaban J connectivity index is 0.000000276. The third-order valence-electron chi connectivity index (χ3n) is 7.93. The van der Waals surface area contributed by atoms with Crippen molar-refractivity contribution in [3.05, 3.63) is 108 Å². The zero-order valence-corrected chi connectivity index (χ0v) is 27.0. The summed E-state index contributed by atoms with van der Waals surface area (Å²) in [5, 5.41) is 5.76. The van der Waals surface area contributed by atoms with Crippen molar-refractivity contribution in [3.8, 4) is 0 Å². The second kappa shape index (κ2) is 17.8. The number of piperazine rings is 2. The van der Waals surface area contributed by atoms with Gasteiger partial charge in [-0.1, -0.05) is 61.2 Å². The Kier molecular flexibility index (Phi) is 14.2. The first-order chi connectivity index (χ1) is 21.5. The number of allylic oxidation sites excluding steroid dienone is 3. The van der Waals surface area contributed by atoms with Crippen molar-refractivity contribution < 1.29 is 13.2 Å². The number of nitrogens with zero attached hydrogens (tertiary/aromatic N) is 4. The van der Waals surface area contributed by atoms with Crippen molar-refractivity contribution >= 4 is 11.4 Å². The summed E-state index contributed by atoms with van der Waals surface area (Å²) in [7, 11) is 3.62. The molecule has 2 fully saturated rings. The number of benzene rings is 2. The van der Waals surface area contributed by atoms with Crippen LogP contribution in [0, 0.1) is 6.92 Å². The first-order valence-electron chi connectivity index (χ1n) is 15.5. The van der Waals surface area contributed by atoms with Crippen molar-refractivity contribution in [2.24, 2.45) is 5.73 Å². The lowest BCUT2D eigenvalue weighted by atomic mass is 10.0. The topological polar surface area (TPSA) is 63.0 Å². The van der Waals surface area contributed by atoms with E-state index in [1.165, 1.54) is 17.3 Å². The smallest absolute Gasteiger partial charge is 0.393 e. The highest BCUT2D eigenvalue weighted by Gasteiger charge is 2.36. The highest BCUT2D eigenvalue weighted by atomic mass is 19.4. The molecule has 2 aliphatic heterocycles. The minimum absolute atomic E-state index is 0.0666. The number of hydrogen-bond acceptors (Lipinski definition) is 7. The van der Waals surface area contributed by atoms with Crippen molar-refractivity contribution in [2.75, 3.05) is 89.8 Å². The van der Waals surface area contributed by atoms with E-state index in [4.69, 9.17) is 5.73 Å². The maximum atomic E-state index is 13.5. The maximum absolute atomic E-state index is 13.5. The number of alkyl halides is 3. The van der Waals surface area contributed by atoms with Crippen LogP contribution >= 0.6 is 0 Å². The molecule has 10 heteroatoms. The number of hydrogen-bond donors (Lipinski definition) is 3. The summed E-state index contributed by atoms with van der Waals surface area (Å²) in [6, 6.07) is 16.4. The molecule has 0 bridgehead atoms. The molecule has 0 radical (unpaired) electrons. The third-order valence-corrected chi connectivity index (χ3v) is 7.93. The summed E-state index contributed by atoms with van der Waals surface area (Å²) in [5.41, 5.74) is 9.30. The van der Waals surface area contributed by atoms with Crippen LogP contribution in [0.5, 0.6) is 0 Å². The average Bonchev–Trinajstić information content (AvgIpc) is 3.01. The van der Waals surface area contributed by atoms with E-state index in [9.17, 15) is 13.2 Å². The number of aryl methyl sites for hydroxylation is 1. The van der Waals surface area contributed by atoms with Gasteiger partial charge < -0.3 is 26.2 Å². The number of rotatable bonds is 11. The molecule has 0 amide bonds. The molecule has 2 heterocycles. The number of nitrogens with one attached hydrogen (secondary N) is 2. The molecule has 0 aliphatic carbocycles. The average molecular weight is 626 g/mol. The Hall–Kier alpha value is -3.57. The van der Waals surface area contributed by atoms with Crippen LogP contribution in [-0.2, 0) is 6.54 Å². The Bertz CT molecular complexity index is 1290. The molecule has 0 unspecified atom stereocenters. The Morgan fingerprint density at radius 3 is 2.22 bits per heavy atom. The summed E-state index contributed by atoms with van der Waals surface area (Å²) in [5.74, 6) is 0. The molecule has 2 aromatic rings. The predicted octanol–water partition coefficient (Wildman–Crippen LogP) is 5.21. The van der Waals surface area contributed by atoms with E-state index in [1.54, 1.807) is 7.05 Å². The van der Waals surface area contributed by atoms with E-state index in [2.05, 4.69) is 81.6 Å². The second-order valence-electron chi connectivity index (χ2n) is 11.5. The summed E-state index contributed by atoms with van der Waals surface area (Å²) in [6.07, 6.45) is -1.17. The largest absolute Gasteiger partial charge is 0.417 e. The minimum Gasteiger partial charge on any atom is -0.393 e. The molecule has 2 saturated heterocycles. The predicted molar refractivity (Wildman–Crippen MR) is 182 cm³/mol. The SMILES string of the molecule is C=C/C=C(\C(=C/NC)C(=C)Nc1ccccc1N1CCN(C)CC1)C(F)(F)F.Cc1cccc(CN2CCN(CCN)CC2)c1. The van der Waals surface area contributed by atoms with E-state index in [1.807, 2.05) is 24.3 Å². The van der Waals surface area contributed by atoms with Gasteiger partial charge in [0.1, 0.15) is 0 Å². The van der Waals surface area contributed by atoms with Gasteiger partial charge in [0.2, 0.25) is 0 Å². The van der Waals surface area contributed by atoms with Crippen LogP contribution in [0.1, 0.15) is 11.1 Å². The molecule has 4 N–H and O–H groups in total. The van der Waals surface area contributed by atoms with Gasteiger partial charge in [0.15, 0.2) is 0 Å². The number of anilines is 2. The highest BCUT2D eigenvalue weighted by molar-refractivity contribution is 5.73. The normalized spacial score (nSPS) is 17.4. The Morgan fingerprint density at radius 2 is 1.62 bits per heavy atom. The summed E-state index contributed by atoms with van der Waals surface area (Å²) < 4.78 is 40.6. The lowest BCUT2D eigenvalue weighted by Gasteiger charge is -2.35. The number of para-hydroxylation sites is 2. The standard InChI is InChI=1S/C21H27F3N4.C14H23N3/c1-5-8-18(21(22,23)24)17(15-25-3)16(2)26-19-9-6-7-10-20(19)28-13-11-27(4)12-14-28;1-13-3-2-4-14(11-13)12-17-9-7-16(6-5-15)8-10-17/h5-10,15,25-26H,1-2,11-14H2,3-4H3;2-4,11H,5-10,12,15H2,1H3/b17-15-,18-8+;. The van der Waals surface area contributed by atoms with Crippen LogP contribution in [0.15, 0.2) is 96.9 Å². The first kappa shape index (κ1) is 35.9. The molecule has 0 aromatic heterocycles. The molecule has 0 saturated carbocycles. The Labute approximate surface area is 267 Å². The van der Waals surface area contributed by atoms with Gasteiger partial charge in [-0.15, -0.1) is 0 Å². The van der Waals surface area contributed by atoms with Gasteiger partial charge in [0.05, 0.1) is 16.9 Å². The van der Waals surface area contributed by atoms with Gasteiger partial charge in [-0.25, -0.2) is 0 Å². The van der Waals surface area contributed by atoms with E-state index >= 15 is 0 Å². The summed E-state index contributed by atoms with van der Waals surface area (Å²) in [6.45, 7) is 20.5. The molecule has 0 spiro atoms. The van der Waals surface area contributed by atoms with Gasteiger partial charge in [0.25, 0.3) is 0 Å². The number of halogens is 3. The third kappa shape index (κ3) is 11.4. The van der Waals surface area contributed by atoms with Crippen molar-refractivity contribution in [2.45, 2.75) is 19.6 Å². The lowest BCUT2D eigenvalue weighted by Crippen LogP contribution is -2.47. The number of likely N-dealkylation sites (N-methyl/N-ethyl adjacent to an activating group) is 1. The zero-order chi connectivity index (χ0) is 32.8. The summed E-state index contributed by atoms with van der Waals surface area (Å²) in [4.78, 5) is 9.45. The summed E-state index contributed by atoms with van der Waals surface area (Å²) >= 11 is 0. The van der Waals surface area contributed by atoms with Gasteiger partial charge in [-0.3, -0.25) is 9.80 Å².